The molecular formula is C12H13N5. The van der Waals surface area contributed by atoms with Crippen molar-refractivity contribution in [3.8, 4) is 6.19 Å². The lowest BCUT2D eigenvalue weighted by molar-refractivity contribution is 0.525. The summed E-state index contributed by atoms with van der Waals surface area (Å²) in [7, 11) is 0. The molecule has 1 aliphatic heterocycles. The number of hydrogen-bond acceptors (Lipinski definition) is 5. The van der Waals surface area contributed by atoms with Gasteiger partial charge in [0.2, 0.25) is 5.96 Å². The van der Waals surface area contributed by atoms with Gasteiger partial charge in [0, 0.05) is 18.1 Å². The lowest BCUT2D eigenvalue weighted by Crippen LogP contribution is -2.36. The highest BCUT2D eigenvalue weighted by atomic mass is 15.3. The van der Waals surface area contributed by atoms with Crippen molar-refractivity contribution in [3.05, 3.63) is 41.9 Å². The molecule has 17 heavy (non-hydrogen) atoms. The summed E-state index contributed by atoms with van der Waals surface area (Å²) in [5.41, 5.74) is 2.07. The molecule has 0 aliphatic carbocycles. The molecule has 0 amide bonds. The zero-order chi connectivity index (χ0) is 12.1. The van der Waals surface area contributed by atoms with Gasteiger partial charge in [-0.25, -0.2) is 4.99 Å². The molecule has 0 bridgehead atoms. The Kier molecular flexibility index (Phi) is 3.36. The van der Waals surface area contributed by atoms with Gasteiger partial charge in [0.1, 0.15) is 0 Å². The molecule has 1 N–H and O–H groups in total. The number of nitrogens with zero attached hydrogens (tertiary/aromatic N) is 4. The third-order valence-electron chi connectivity index (χ3n) is 2.40. The van der Waals surface area contributed by atoms with Crippen molar-refractivity contribution in [1.29, 1.82) is 5.26 Å². The lowest BCUT2D eigenvalue weighted by atomic mass is 10.2. The maximum Gasteiger partial charge on any atom is 0.212 e. The van der Waals surface area contributed by atoms with Crippen LogP contribution >= 0.6 is 0 Å². The molecule has 0 atom stereocenters. The van der Waals surface area contributed by atoms with Crippen LogP contribution in [-0.2, 0) is 6.54 Å². The molecule has 0 saturated heterocycles. The van der Waals surface area contributed by atoms with Crippen molar-refractivity contribution in [2.75, 3.05) is 6.54 Å². The van der Waals surface area contributed by atoms with E-state index in [1.165, 1.54) is 0 Å². The van der Waals surface area contributed by atoms with E-state index in [2.05, 4.69) is 15.3 Å². The molecule has 0 fully saturated rings. The fourth-order valence-corrected chi connectivity index (χ4v) is 1.55. The Morgan fingerprint density at radius 1 is 1.53 bits per heavy atom. The average molecular weight is 227 g/mol. The van der Waals surface area contributed by atoms with E-state index in [1.807, 2.05) is 48.6 Å². The fraction of sp³-hybridized carbons (Fsp3) is 0.250. The number of aliphatic imine (C=N–C) groups is 1. The first-order valence-electron chi connectivity index (χ1n) is 5.34. The summed E-state index contributed by atoms with van der Waals surface area (Å²) in [6, 6.07) is 3.99. The highest BCUT2D eigenvalue weighted by molar-refractivity contribution is 5.83. The van der Waals surface area contributed by atoms with Gasteiger partial charge in [-0.3, -0.25) is 10.3 Å². The van der Waals surface area contributed by atoms with E-state index < -0.39 is 0 Å². The van der Waals surface area contributed by atoms with Crippen LogP contribution in [0.1, 0.15) is 11.3 Å². The van der Waals surface area contributed by atoms with Crippen molar-refractivity contribution in [2.24, 2.45) is 4.99 Å². The van der Waals surface area contributed by atoms with Gasteiger partial charge in [-0.2, -0.15) is 5.26 Å². The molecule has 2 heterocycles. The summed E-state index contributed by atoms with van der Waals surface area (Å²) < 4.78 is 0. The molecular weight excluding hydrogens is 214 g/mol. The minimum atomic E-state index is 0.579. The van der Waals surface area contributed by atoms with Crippen LogP contribution in [0.5, 0.6) is 0 Å². The molecule has 1 aromatic heterocycles. The molecule has 86 valence electrons. The number of nitrogens with one attached hydrogen (secondary N) is 1. The van der Waals surface area contributed by atoms with Crippen molar-refractivity contribution < 1.29 is 0 Å². The zero-order valence-corrected chi connectivity index (χ0v) is 9.59. The van der Waals surface area contributed by atoms with Gasteiger partial charge < -0.3 is 4.90 Å². The van der Waals surface area contributed by atoms with Crippen LogP contribution in [0.4, 0.5) is 0 Å². The third kappa shape index (κ3) is 2.82. The molecule has 0 unspecified atom stereocenters. The maximum absolute atomic E-state index is 8.63. The third-order valence-corrected chi connectivity index (χ3v) is 2.40. The van der Waals surface area contributed by atoms with E-state index in [0.717, 1.165) is 11.3 Å². The van der Waals surface area contributed by atoms with Crippen molar-refractivity contribution in [3.63, 3.8) is 0 Å². The maximum atomic E-state index is 8.63. The van der Waals surface area contributed by atoms with Gasteiger partial charge >= 0.3 is 0 Å². The van der Waals surface area contributed by atoms with Crippen LogP contribution in [0.15, 0.2) is 35.6 Å². The quantitative estimate of drug-likeness (QED) is 0.608. The summed E-state index contributed by atoms with van der Waals surface area (Å²) in [6.07, 6.45) is 7.60. The van der Waals surface area contributed by atoms with Gasteiger partial charge in [-0.15, -0.1) is 0 Å². The summed E-state index contributed by atoms with van der Waals surface area (Å²) in [5, 5.41) is 11.2. The molecule has 0 aromatic carbocycles. The fourth-order valence-electron chi connectivity index (χ4n) is 1.55. The molecule has 5 heteroatoms. The van der Waals surface area contributed by atoms with Gasteiger partial charge in [0.25, 0.3) is 0 Å². The normalized spacial score (nSPS) is 14.1. The van der Waals surface area contributed by atoms with Crippen molar-refractivity contribution in [1.82, 2.24) is 15.2 Å². The van der Waals surface area contributed by atoms with Crippen LogP contribution < -0.4 is 5.32 Å². The van der Waals surface area contributed by atoms with E-state index in [0.29, 0.717) is 19.0 Å². The number of guanidine groups is 1. The van der Waals surface area contributed by atoms with E-state index >= 15 is 0 Å². The molecule has 0 radical (unpaired) electrons. The first kappa shape index (κ1) is 11.1. The molecule has 1 aliphatic rings. The second-order valence-corrected chi connectivity index (χ2v) is 3.72. The Hall–Kier alpha value is -2.35. The van der Waals surface area contributed by atoms with E-state index in [9.17, 15) is 0 Å². The van der Waals surface area contributed by atoms with Gasteiger partial charge in [-0.1, -0.05) is 6.07 Å². The second-order valence-electron chi connectivity index (χ2n) is 3.72. The van der Waals surface area contributed by atoms with Crippen LogP contribution in [0.3, 0.4) is 0 Å². The van der Waals surface area contributed by atoms with Gasteiger partial charge in [0.15, 0.2) is 6.19 Å². The zero-order valence-electron chi connectivity index (χ0n) is 9.59. The van der Waals surface area contributed by atoms with Crippen molar-refractivity contribution >= 4 is 5.96 Å². The predicted molar refractivity (Wildman–Crippen MR) is 64.7 cm³/mol. The smallest absolute Gasteiger partial charge is 0.212 e. The number of aryl methyl sites for hydroxylation is 1. The first-order valence-corrected chi connectivity index (χ1v) is 5.34. The highest BCUT2D eigenvalue weighted by Crippen LogP contribution is 2.07. The summed E-state index contributed by atoms with van der Waals surface area (Å²) in [5.74, 6) is 0.579. The molecule has 0 saturated carbocycles. The molecule has 0 spiro atoms. The van der Waals surface area contributed by atoms with Crippen LogP contribution in [0.2, 0.25) is 0 Å². The minimum Gasteiger partial charge on any atom is -0.314 e. The topological polar surface area (TPSA) is 64.3 Å². The molecule has 2 rings (SSSR count). The number of aromatic nitrogens is 1. The van der Waals surface area contributed by atoms with E-state index in [-0.39, 0.29) is 0 Å². The Labute approximate surface area is 100 Å². The summed E-state index contributed by atoms with van der Waals surface area (Å²) >= 11 is 0. The van der Waals surface area contributed by atoms with Crippen LogP contribution in [0, 0.1) is 18.4 Å². The highest BCUT2D eigenvalue weighted by Gasteiger charge is 2.11. The second kappa shape index (κ2) is 5.12. The Morgan fingerprint density at radius 3 is 3.12 bits per heavy atom. The van der Waals surface area contributed by atoms with Gasteiger partial charge in [0.05, 0.1) is 13.1 Å². The first-order chi connectivity index (χ1) is 8.29. The molecule has 1 aromatic rings. The Balaban J connectivity index is 2.09. The average Bonchev–Trinajstić information content (AvgIpc) is 2.35. The lowest BCUT2D eigenvalue weighted by Gasteiger charge is -2.23. The van der Waals surface area contributed by atoms with Gasteiger partial charge in [-0.05, 0) is 24.6 Å². The minimum absolute atomic E-state index is 0.579. The van der Waals surface area contributed by atoms with E-state index in [1.54, 1.807) is 0 Å². The van der Waals surface area contributed by atoms with Crippen LogP contribution in [-0.4, -0.2) is 22.4 Å². The summed E-state index contributed by atoms with van der Waals surface area (Å²) in [4.78, 5) is 10.3. The SMILES string of the molecule is Cc1ccc(CN2C=CCN=C2NC#N)cn1. The molecule has 5 nitrogen and oxygen atoms in total. The predicted octanol–water partition coefficient (Wildman–Crippen LogP) is 1.15. The number of nitriles is 1. The van der Waals surface area contributed by atoms with E-state index in [4.69, 9.17) is 5.26 Å². The Morgan fingerprint density at radius 2 is 2.41 bits per heavy atom. The monoisotopic (exact) mass is 227 g/mol. The number of rotatable bonds is 2. The number of hydrogen-bond donors (Lipinski definition) is 1. The number of pyridine rings is 1. The largest absolute Gasteiger partial charge is 0.314 e. The summed E-state index contributed by atoms with van der Waals surface area (Å²) in [6.45, 7) is 3.21. The van der Waals surface area contributed by atoms with Crippen LogP contribution in [0.25, 0.3) is 0 Å². The standard InChI is InChI=1S/C12H13N5/c1-10-3-4-11(7-15-10)8-17-6-2-5-14-12(17)16-9-13/h2-4,6-7H,5,8H2,1H3,(H,14,16). The van der Waals surface area contributed by atoms with Crippen molar-refractivity contribution in [2.45, 2.75) is 13.5 Å². The Bertz CT molecular complexity index is 481.